The van der Waals surface area contributed by atoms with Gasteiger partial charge in [-0.25, -0.2) is 13.1 Å². The topological polar surface area (TPSA) is 128 Å². The molecular weight excluding hydrogens is 384 g/mol. The number of hydrogen-bond donors (Lipinski definition) is 1. The van der Waals surface area contributed by atoms with Crippen molar-refractivity contribution in [1.29, 1.82) is 0 Å². The van der Waals surface area contributed by atoms with Gasteiger partial charge < -0.3 is 4.52 Å². The van der Waals surface area contributed by atoms with Gasteiger partial charge in [0.15, 0.2) is 4.90 Å². The van der Waals surface area contributed by atoms with Crippen molar-refractivity contribution >= 4 is 27.3 Å². The van der Waals surface area contributed by atoms with Crippen LogP contribution in [-0.2, 0) is 16.6 Å². The molecule has 0 aliphatic rings. The summed E-state index contributed by atoms with van der Waals surface area (Å²) in [5.41, 5.74) is 0.0826. The summed E-state index contributed by atoms with van der Waals surface area (Å²) < 4.78 is 31.9. The predicted molar refractivity (Wildman–Crippen MR) is 91.9 cm³/mol. The highest BCUT2D eigenvalue weighted by molar-refractivity contribution is 7.89. The minimum Gasteiger partial charge on any atom is -0.338 e. The van der Waals surface area contributed by atoms with Crippen LogP contribution in [0, 0.1) is 10.1 Å². The van der Waals surface area contributed by atoms with Crippen molar-refractivity contribution in [3.63, 3.8) is 0 Å². The summed E-state index contributed by atoms with van der Waals surface area (Å²) in [5, 5.41) is 15.2. The fourth-order valence-electron chi connectivity index (χ4n) is 2.14. The zero-order valence-corrected chi connectivity index (χ0v) is 14.6. The lowest BCUT2D eigenvalue weighted by molar-refractivity contribution is -0.387. The maximum Gasteiger partial charge on any atom is 0.289 e. The van der Waals surface area contributed by atoms with Crippen LogP contribution in [0.2, 0.25) is 5.02 Å². The van der Waals surface area contributed by atoms with Crippen LogP contribution in [0.15, 0.2) is 57.9 Å². The third-order valence-electron chi connectivity index (χ3n) is 3.32. The zero-order chi connectivity index (χ0) is 18.7. The second-order valence-corrected chi connectivity index (χ2v) is 7.24. The fraction of sp³-hybridized carbons (Fsp3) is 0.0667. The summed E-state index contributed by atoms with van der Waals surface area (Å²) in [4.78, 5) is 13.9. The normalized spacial score (nSPS) is 11.4. The van der Waals surface area contributed by atoms with Gasteiger partial charge in [-0.15, -0.1) is 0 Å². The molecule has 1 aromatic heterocycles. The molecule has 2 aromatic carbocycles. The SMILES string of the molecule is O=[N+]([O-])c1ccccc1S(=O)(=O)NCc1nc(-c2cccc(Cl)c2)no1. The number of nitro groups is 1. The standard InChI is InChI=1S/C15H11ClN4O5S/c16-11-5-3-4-10(8-11)15-18-14(25-19-15)9-17-26(23,24)13-7-2-1-6-12(13)20(21)22/h1-8,17H,9H2. The Bertz CT molecular complexity index is 1070. The Labute approximate surface area is 152 Å². The number of para-hydroxylation sites is 1. The van der Waals surface area contributed by atoms with Crippen molar-refractivity contribution in [3.8, 4) is 11.4 Å². The second-order valence-electron chi connectivity index (χ2n) is 5.07. The highest BCUT2D eigenvalue weighted by atomic mass is 35.5. The summed E-state index contributed by atoms with van der Waals surface area (Å²) in [7, 11) is -4.14. The first-order chi connectivity index (χ1) is 12.4. The van der Waals surface area contributed by atoms with Crippen molar-refractivity contribution in [1.82, 2.24) is 14.9 Å². The summed E-state index contributed by atoms with van der Waals surface area (Å²) >= 11 is 5.90. The summed E-state index contributed by atoms with van der Waals surface area (Å²) in [6.07, 6.45) is 0. The Balaban J connectivity index is 1.78. The van der Waals surface area contributed by atoms with Gasteiger partial charge in [0.1, 0.15) is 0 Å². The quantitative estimate of drug-likeness (QED) is 0.502. The van der Waals surface area contributed by atoms with E-state index < -0.39 is 25.5 Å². The van der Waals surface area contributed by atoms with E-state index in [1.807, 2.05) is 0 Å². The Hall–Kier alpha value is -2.82. The number of rotatable bonds is 6. The Kier molecular flexibility index (Phi) is 4.98. The molecule has 0 fully saturated rings. The molecule has 1 N–H and O–H groups in total. The van der Waals surface area contributed by atoms with Crippen LogP contribution >= 0.6 is 11.6 Å². The molecule has 0 saturated carbocycles. The van der Waals surface area contributed by atoms with Crippen LogP contribution in [0.25, 0.3) is 11.4 Å². The van der Waals surface area contributed by atoms with Gasteiger partial charge in [-0.05, 0) is 18.2 Å². The number of sulfonamides is 1. The molecule has 0 aliphatic carbocycles. The first kappa shape index (κ1) is 18.0. The van der Waals surface area contributed by atoms with E-state index in [0.717, 1.165) is 12.1 Å². The monoisotopic (exact) mass is 394 g/mol. The van der Waals surface area contributed by atoms with E-state index in [9.17, 15) is 18.5 Å². The molecule has 0 unspecified atom stereocenters. The van der Waals surface area contributed by atoms with Gasteiger partial charge in [-0.2, -0.15) is 4.98 Å². The zero-order valence-electron chi connectivity index (χ0n) is 13.0. The van der Waals surface area contributed by atoms with Gasteiger partial charge in [0.25, 0.3) is 5.69 Å². The largest absolute Gasteiger partial charge is 0.338 e. The molecule has 3 aromatic rings. The van der Waals surface area contributed by atoms with Gasteiger partial charge in [0.2, 0.25) is 21.7 Å². The molecule has 0 atom stereocenters. The number of benzene rings is 2. The molecule has 9 nitrogen and oxygen atoms in total. The minimum atomic E-state index is -4.14. The molecule has 0 bridgehead atoms. The minimum absolute atomic E-state index is 0.00198. The second kappa shape index (κ2) is 7.20. The van der Waals surface area contributed by atoms with Crippen molar-refractivity contribution in [2.24, 2.45) is 0 Å². The van der Waals surface area contributed by atoms with Gasteiger partial charge in [-0.3, -0.25) is 10.1 Å². The predicted octanol–water partition coefficient (Wildman–Crippen LogP) is 2.78. The number of halogens is 1. The number of nitrogens with zero attached hydrogens (tertiary/aromatic N) is 3. The molecule has 0 aliphatic heterocycles. The Morgan fingerprint density at radius 1 is 1.19 bits per heavy atom. The summed E-state index contributed by atoms with van der Waals surface area (Å²) in [6.45, 7) is -0.318. The number of hydrogen-bond acceptors (Lipinski definition) is 7. The summed E-state index contributed by atoms with van der Waals surface area (Å²) in [6, 6.07) is 11.8. The van der Waals surface area contributed by atoms with Crippen LogP contribution in [0.1, 0.15) is 5.89 Å². The Morgan fingerprint density at radius 2 is 1.96 bits per heavy atom. The van der Waals surface area contributed by atoms with Crippen LogP contribution in [-0.4, -0.2) is 23.5 Å². The number of aromatic nitrogens is 2. The highest BCUT2D eigenvalue weighted by Gasteiger charge is 2.25. The average molecular weight is 395 g/mol. The van der Waals surface area contributed by atoms with E-state index in [1.165, 1.54) is 12.1 Å². The van der Waals surface area contributed by atoms with Crippen LogP contribution in [0.4, 0.5) is 5.69 Å². The highest BCUT2D eigenvalue weighted by Crippen LogP contribution is 2.23. The lowest BCUT2D eigenvalue weighted by Crippen LogP contribution is -2.24. The molecule has 0 radical (unpaired) electrons. The first-order valence-electron chi connectivity index (χ1n) is 7.18. The molecular formula is C15H11ClN4O5S. The van der Waals surface area contributed by atoms with Gasteiger partial charge >= 0.3 is 0 Å². The van der Waals surface area contributed by atoms with E-state index in [-0.39, 0.29) is 18.3 Å². The molecule has 0 saturated heterocycles. The van der Waals surface area contributed by atoms with Crippen molar-refractivity contribution < 1.29 is 17.9 Å². The maximum absolute atomic E-state index is 12.3. The average Bonchev–Trinajstić information content (AvgIpc) is 3.09. The molecule has 0 spiro atoms. The third kappa shape index (κ3) is 3.87. The van der Waals surface area contributed by atoms with Crippen LogP contribution in [0.3, 0.4) is 0 Å². The van der Waals surface area contributed by atoms with Crippen LogP contribution in [0.5, 0.6) is 0 Å². The fourth-order valence-corrected chi connectivity index (χ4v) is 3.48. The van der Waals surface area contributed by atoms with E-state index in [0.29, 0.717) is 10.6 Å². The maximum atomic E-state index is 12.3. The van der Waals surface area contributed by atoms with Crippen LogP contribution < -0.4 is 4.72 Å². The first-order valence-corrected chi connectivity index (χ1v) is 9.04. The molecule has 26 heavy (non-hydrogen) atoms. The van der Waals surface area contributed by atoms with Gasteiger partial charge in [-0.1, -0.05) is 41.0 Å². The van der Waals surface area contributed by atoms with Gasteiger partial charge in [0.05, 0.1) is 11.5 Å². The molecule has 11 heteroatoms. The molecule has 0 amide bonds. The third-order valence-corrected chi connectivity index (χ3v) is 5.00. The lowest BCUT2D eigenvalue weighted by Gasteiger charge is -2.05. The number of nitro benzene ring substituents is 1. The van der Waals surface area contributed by atoms with E-state index in [1.54, 1.807) is 24.3 Å². The lowest BCUT2D eigenvalue weighted by atomic mass is 10.2. The van der Waals surface area contributed by atoms with Crippen molar-refractivity contribution in [3.05, 3.63) is 69.6 Å². The van der Waals surface area contributed by atoms with Crippen molar-refractivity contribution in [2.45, 2.75) is 11.4 Å². The number of nitrogens with one attached hydrogen (secondary N) is 1. The van der Waals surface area contributed by atoms with E-state index in [4.69, 9.17) is 16.1 Å². The Morgan fingerprint density at radius 3 is 2.69 bits per heavy atom. The summed E-state index contributed by atoms with van der Waals surface area (Å²) in [5.74, 6) is 0.245. The van der Waals surface area contributed by atoms with E-state index in [2.05, 4.69) is 14.9 Å². The molecule has 1 heterocycles. The molecule has 134 valence electrons. The smallest absolute Gasteiger partial charge is 0.289 e. The van der Waals surface area contributed by atoms with Gasteiger partial charge in [0, 0.05) is 16.7 Å². The van der Waals surface area contributed by atoms with Crippen molar-refractivity contribution in [2.75, 3.05) is 0 Å². The van der Waals surface area contributed by atoms with E-state index >= 15 is 0 Å². The molecule has 3 rings (SSSR count).